The molecular formula is C16H29N7O2. The van der Waals surface area contributed by atoms with Crippen LogP contribution in [0.25, 0.3) is 11.2 Å². The van der Waals surface area contributed by atoms with Gasteiger partial charge in [-0.2, -0.15) is 9.97 Å². The molecular weight excluding hydrogens is 322 g/mol. The number of nitrogens with two attached hydrogens (primary N) is 1. The van der Waals surface area contributed by atoms with Crippen LogP contribution in [-0.2, 0) is 6.54 Å². The van der Waals surface area contributed by atoms with Crippen molar-refractivity contribution in [2.75, 3.05) is 24.1 Å². The largest absolute Gasteiger partial charge is 0.389 e. The Morgan fingerprint density at radius 2 is 1.88 bits per heavy atom. The highest BCUT2D eigenvalue weighted by atomic mass is 16.3. The zero-order valence-corrected chi connectivity index (χ0v) is 15.6. The van der Waals surface area contributed by atoms with Crippen LogP contribution in [0.5, 0.6) is 0 Å². The number of nitrogens with one attached hydrogen (secondary N) is 3. The van der Waals surface area contributed by atoms with Gasteiger partial charge >= 0.3 is 5.69 Å². The van der Waals surface area contributed by atoms with Gasteiger partial charge in [-0.15, -0.1) is 0 Å². The minimum Gasteiger partial charge on any atom is -0.389 e. The van der Waals surface area contributed by atoms with Gasteiger partial charge in [-0.1, -0.05) is 0 Å². The second-order valence-electron chi connectivity index (χ2n) is 7.92. The average molecular weight is 351 g/mol. The quantitative estimate of drug-likeness (QED) is 0.463. The summed E-state index contributed by atoms with van der Waals surface area (Å²) in [7, 11) is 0. The summed E-state index contributed by atoms with van der Waals surface area (Å²) in [5.41, 5.74) is 5.37. The van der Waals surface area contributed by atoms with Crippen LogP contribution in [0.1, 0.15) is 41.0 Å². The minimum atomic E-state index is -1.05. The van der Waals surface area contributed by atoms with Crippen LogP contribution in [0.15, 0.2) is 4.79 Å². The number of nitrogen functional groups attached to an aromatic ring is 1. The fourth-order valence-electron chi connectivity index (χ4n) is 2.42. The monoisotopic (exact) mass is 351 g/mol. The fourth-order valence-corrected chi connectivity index (χ4v) is 2.42. The molecule has 2 heterocycles. The number of aromatic nitrogens is 4. The Balaban J connectivity index is 2.14. The lowest BCUT2D eigenvalue weighted by Gasteiger charge is -2.20. The van der Waals surface area contributed by atoms with Gasteiger partial charge in [0, 0.05) is 12.1 Å². The van der Waals surface area contributed by atoms with Crippen molar-refractivity contribution in [2.45, 2.75) is 58.7 Å². The van der Waals surface area contributed by atoms with Crippen LogP contribution in [-0.4, -0.2) is 48.9 Å². The maximum atomic E-state index is 12.1. The summed E-state index contributed by atoms with van der Waals surface area (Å²) in [6, 6.07) is 0. The minimum absolute atomic E-state index is 0.0815. The van der Waals surface area contributed by atoms with Crippen LogP contribution in [0.2, 0.25) is 0 Å². The normalized spacial score (nSPS) is 12.7. The Morgan fingerprint density at radius 3 is 2.48 bits per heavy atom. The molecule has 2 aromatic heterocycles. The van der Waals surface area contributed by atoms with Gasteiger partial charge in [0.1, 0.15) is 5.52 Å². The molecule has 9 nitrogen and oxygen atoms in total. The summed E-state index contributed by atoms with van der Waals surface area (Å²) in [6.45, 7) is 11.3. The summed E-state index contributed by atoms with van der Waals surface area (Å²) in [4.78, 5) is 23.3. The summed E-state index contributed by atoms with van der Waals surface area (Å²) in [5.74, 6) is 0.566. The highest BCUT2D eigenvalue weighted by molar-refractivity contribution is 5.82. The van der Waals surface area contributed by atoms with E-state index in [4.69, 9.17) is 5.73 Å². The van der Waals surface area contributed by atoms with Crippen LogP contribution >= 0.6 is 0 Å². The molecule has 9 heteroatoms. The molecule has 6 N–H and O–H groups in total. The summed E-state index contributed by atoms with van der Waals surface area (Å²) >= 11 is 0. The van der Waals surface area contributed by atoms with E-state index in [0.717, 1.165) is 13.0 Å². The van der Waals surface area contributed by atoms with E-state index >= 15 is 0 Å². The van der Waals surface area contributed by atoms with E-state index in [2.05, 4.69) is 46.4 Å². The maximum Gasteiger partial charge on any atom is 0.327 e. The number of imidazole rings is 1. The molecule has 140 valence electrons. The van der Waals surface area contributed by atoms with Crippen molar-refractivity contribution in [1.29, 1.82) is 0 Å². The molecule has 2 rings (SSSR count). The summed E-state index contributed by atoms with van der Waals surface area (Å²) < 4.78 is 1.37. The molecule has 0 aliphatic heterocycles. The van der Waals surface area contributed by atoms with Crippen molar-refractivity contribution in [3.8, 4) is 0 Å². The fraction of sp³-hybridized carbons (Fsp3) is 0.688. The van der Waals surface area contributed by atoms with Crippen molar-refractivity contribution in [1.82, 2.24) is 24.8 Å². The molecule has 0 bridgehead atoms. The lowest BCUT2D eigenvalue weighted by atomic mass is 10.1. The van der Waals surface area contributed by atoms with Gasteiger partial charge < -0.3 is 26.5 Å². The molecule has 0 radical (unpaired) electrons. The second kappa shape index (κ2) is 7.01. The smallest absolute Gasteiger partial charge is 0.327 e. The van der Waals surface area contributed by atoms with Crippen molar-refractivity contribution in [3.05, 3.63) is 10.5 Å². The second-order valence-corrected chi connectivity index (χ2v) is 7.92. The van der Waals surface area contributed by atoms with Crippen LogP contribution in [0.3, 0.4) is 0 Å². The van der Waals surface area contributed by atoms with Crippen molar-refractivity contribution >= 4 is 22.9 Å². The topological polar surface area (TPSA) is 134 Å². The highest BCUT2D eigenvalue weighted by Crippen LogP contribution is 2.18. The first kappa shape index (κ1) is 19.2. The number of anilines is 2. The molecule has 0 saturated heterocycles. The van der Waals surface area contributed by atoms with E-state index < -0.39 is 5.60 Å². The maximum absolute atomic E-state index is 12.1. The molecule has 0 unspecified atom stereocenters. The highest BCUT2D eigenvalue weighted by Gasteiger charge is 2.20. The van der Waals surface area contributed by atoms with Gasteiger partial charge in [0.15, 0.2) is 11.5 Å². The van der Waals surface area contributed by atoms with Crippen LogP contribution in [0.4, 0.5) is 11.8 Å². The lowest BCUT2D eigenvalue weighted by Crippen LogP contribution is -2.37. The average Bonchev–Trinajstić information content (AvgIpc) is 2.73. The van der Waals surface area contributed by atoms with E-state index in [0.29, 0.717) is 23.7 Å². The van der Waals surface area contributed by atoms with E-state index in [1.54, 1.807) is 13.8 Å². The molecule has 0 atom stereocenters. The number of rotatable bonds is 7. The number of nitrogens with zero attached hydrogens (tertiary/aromatic N) is 3. The predicted octanol–water partition coefficient (Wildman–Crippen LogP) is 0.663. The van der Waals surface area contributed by atoms with Gasteiger partial charge in [0.2, 0.25) is 5.95 Å². The third kappa shape index (κ3) is 5.43. The lowest BCUT2D eigenvalue weighted by molar-refractivity contribution is 0.0616. The molecule has 2 aromatic rings. The van der Waals surface area contributed by atoms with Gasteiger partial charge in [-0.3, -0.25) is 4.57 Å². The van der Waals surface area contributed by atoms with E-state index in [9.17, 15) is 9.90 Å². The van der Waals surface area contributed by atoms with E-state index in [-0.39, 0.29) is 23.6 Å². The number of fused-ring (bicyclic) bond motifs is 1. The first-order chi connectivity index (χ1) is 11.5. The van der Waals surface area contributed by atoms with Gasteiger partial charge in [0.25, 0.3) is 0 Å². The first-order valence-corrected chi connectivity index (χ1v) is 8.43. The Bertz CT molecular complexity index is 781. The predicted molar refractivity (Wildman–Crippen MR) is 99.7 cm³/mol. The molecule has 0 saturated carbocycles. The number of H-pyrrole nitrogens is 1. The Hall–Kier alpha value is -2.13. The Kier molecular flexibility index (Phi) is 5.38. The molecule has 25 heavy (non-hydrogen) atoms. The first-order valence-electron chi connectivity index (χ1n) is 8.43. The number of aliphatic hydroxyl groups is 1. The molecule has 0 aliphatic rings. The third-order valence-corrected chi connectivity index (χ3v) is 3.49. The van der Waals surface area contributed by atoms with Gasteiger partial charge in [0.05, 0.1) is 12.1 Å². The SMILES string of the molecule is CC(C)(O)Cn1c(=O)[nH]c2c(N)nc(NCCCNC(C)(C)C)nc21. The van der Waals surface area contributed by atoms with Crippen LogP contribution in [0, 0.1) is 0 Å². The Labute approximate surface area is 147 Å². The molecule has 0 spiro atoms. The van der Waals surface area contributed by atoms with Crippen LogP contribution < -0.4 is 22.1 Å². The third-order valence-electron chi connectivity index (χ3n) is 3.49. The van der Waals surface area contributed by atoms with Crippen molar-refractivity contribution in [2.24, 2.45) is 0 Å². The number of hydrogen-bond donors (Lipinski definition) is 5. The number of hydrogen-bond acceptors (Lipinski definition) is 7. The summed E-state index contributed by atoms with van der Waals surface area (Å²) in [5, 5.41) is 16.5. The zero-order chi connectivity index (χ0) is 18.8. The Morgan fingerprint density at radius 1 is 1.20 bits per heavy atom. The molecule has 0 fully saturated rings. The molecule has 0 aliphatic carbocycles. The van der Waals surface area contributed by atoms with Crippen molar-refractivity contribution < 1.29 is 5.11 Å². The summed E-state index contributed by atoms with van der Waals surface area (Å²) in [6.07, 6.45) is 0.891. The zero-order valence-electron chi connectivity index (χ0n) is 15.6. The van der Waals surface area contributed by atoms with Gasteiger partial charge in [-0.05, 0) is 47.6 Å². The number of aromatic amines is 1. The van der Waals surface area contributed by atoms with Crippen molar-refractivity contribution in [3.63, 3.8) is 0 Å². The van der Waals surface area contributed by atoms with E-state index in [1.807, 2.05) is 0 Å². The van der Waals surface area contributed by atoms with Gasteiger partial charge in [-0.25, -0.2) is 4.79 Å². The standard InChI is InChI=1S/C16H29N7O2/c1-15(2,3)19-8-6-7-18-13-21-11(17)10-12(22-13)23(14(24)20-10)9-16(4,5)25/h19,25H,6-9H2,1-5H3,(H,20,24)(H3,17,18,21,22). The molecule has 0 aromatic carbocycles. The van der Waals surface area contributed by atoms with E-state index in [1.165, 1.54) is 4.57 Å². The molecule has 0 amide bonds.